The summed E-state index contributed by atoms with van der Waals surface area (Å²) in [7, 11) is 1.94. The molecule has 0 spiro atoms. The van der Waals surface area contributed by atoms with Crippen molar-refractivity contribution in [3.8, 4) is 0 Å². The highest BCUT2D eigenvalue weighted by Gasteiger charge is 2.27. The van der Waals surface area contributed by atoms with Crippen molar-refractivity contribution in [1.82, 2.24) is 0 Å². The Balaban J connectivity index is 4.32. The Morgan fingerprint density at radius 2 is 1.00 bits per heavy atom. The van der Waals surface area contributed by atoms with Gasteiger partial charge in [-0.15, -0.1) is 0 Å². The molecule has 0 radical (unpaired) electrons. The molecule has 3 unspecified atom stereocenters. The number of rotatable bonds is 6. The first-order valence-electron chi connectivity index (χ1n) is 5.13. The van der Waals surface area contributed by atoms with E-state index in [0.29, 0.717) is 24.1 Å². The average Bonchev–Trinajstić information content (AvgIpc) is 1.76. The van der Waals surface area contributed by atoms with Crippen LogP contribution in [0.5, 0.6) is 0 Å². The van der Waals surface area contributed by atoms with Crippen LogP contribution in [0.2, 0.25) is 0 Å². The lowest BCUT2D eigenvalue weighted by Crippen LogP contribution is -2.54. The smallest absolute Gasteiger partial charge is 0.105 e. The summed E-state index contributed by atoms with van der Waals surface area (Å²) >= 11 is 0. The van der Waals surface area contributed by atoms with E-state index in [-0.39, 0.29) is 0 Å². The molecule has 86 valence electrons. The normalized spacial score (nSPS) is 22.5. The van der Waals surface area contributed by atoms with Crippen molar-refractivity contribution in [1.29, 1.82) is 0 Å². The van der Waals surface area contributed by atoms with Crippen LogP contribution >= 0.6 is 0 Å². The Morgan fingerprint density at radius 1 is 0.786 bits per heavy atom. The summed E-state index contributed by atoms with van der Waals surface area (Å²) in [5, 5.41) is 28.0. The molecule has 0 saturated heterocycles. The number of likely N-dealkylation sites (N-methyl/N-ethyl adjacent to an activating group) is 1. The lowest BCUT2D eigenvalue weighted by atomic mass is 10.2. The summed E-state index contributed by atoms with van der Waals surface area (Å²) in [5.74, 6) is 0. The largest absolute Gasteiger partial charge is 0.388 e. The van der Waals surface area contributed by atoms with Crippen LogP contribution in [-0.4, -0.2) is 64.8 Å². The first kappa shape index (κ1) is 13.8. The Kier molecular flexibility index (Phi) is 5.59. The Labute approximate surface area is 86.4 Å². The molecule has 3 atom stereocenters. The van der Waals surface area contributed by atoms with Crippen molar-refractivity contribution >= 4 is 0 Å². The maximum atomic E-state index is 9.33. The summed E-state index contributed by atoms with van der Waals surface area (Å²) in [6.45, 7) is 6.82. The average molecular weight is 206 g/mol. The van der Waals surface area contributed by atoms with Crippen LogP contribution < -0.4 is 0 Å². The fourth-order valence-corrected chi connectivity index (χ4v) is 2.14. The molecular weight excluding hydrogens is 182 g/mol. The molecule has 0 amide bonds. The molecule has 4 nitrogen and oxygen atoms in total. The van der Waals surface area contributed by atoms with Crippen molar-refractivity contribution in [3.63, 3.8) is 0 Å². The van der Waals surface area contributed by atoms with E-state index in [0.717, 1.165) is 0 Å². The van der Waals surface area contributed by atoms with Crippen LogP contribution in [0.3, 0.4) is 0 Å². The summed E-state index contributed by atoms with van der Waals surface area (Å²) in [4.78, 5) is 0. The van der Waals surface area contributed by atoms with E-state index in [2.05, 4.69) is 0 Å². The highest BCUT2D eigenvalue weighted by molar-refractivity contribution is 4.54. The van der Waals surface area contributed by atoms with Gasteiger partial charge in [0.05, 0.1) is 7.05 Å². The second-order valence-corrected chi connectivity index (χ2v) is 4.71. The van der Waals surface area contributed by atoms with Gasteiger partial charge in [0.1, 0.15) is 37.9 Å². The minimum absolute atomic E-state index is 0.419. The minimum Gasteiger partial charge on any atom is -0.388 e. The summed E-state index contributed by atoms with van der Waals surface area (Å²) in [6.07, 6.45) is -1.26. The van der Waals surface area contributed by atoms with Crippen LogP contribution in [0.1, 0.15) is 20.8 Å². The van der Waals surface area contributed by atoms with Gasteiger partial charge in [0.2, 0.25) is 0 Å². The lowest BCUT2D eigenvalue weighted by Gasteiger charge is -2.37. The van der Waals surface area contributed by atoms with E-state index >= 15 is 0 Å². The Bertz CT molecular complexity index is 131. The number of aliphatic hydroxyl groups excluding tert-OH is 3. The van der Waals surface area contributed by atoms with Crippen LogP contribution in [0.4, 0.5) is 0 Å². The maximum absolute atomic E-state index is 9.33. The summed E-state index contributed by atoms with van der Waals surface area (Å²) in [6, 6.07) is 0. The molecule has 0 aliphatic heterocycles. The van der Waals surface area contributed by atoms with E-state index in [1.807, 2.05) is 7.05 Å². The first-order valence-corrected chi connectivity index (χ1v) is 5.13. The zero-order valence-corrected chi connectivity index (χ0v) is 9.64. The van der Waals surface area contributed by atoms with Crippen molar-refractivity contribution < 1.29 is 19.8 Å². The molecule has 0 fully saturated rings. The van der Waals surface area contributed by atoms with Gasteiger partial charge in [0.15, 0.2) is 0 Å². The van der Waals surface area contributed by atoms with E-state index in [4.69, 9.17) is 0 Å². The fourth-order valence-electron chi connectivity index (χ4n) is 2.14. The Morgan fingerprint density at radius 3 is 1.14 bits per heavy atom. The topological polar surface area (TPSA) is 60.7 Å². The van der Waals surface area contributed by atoms with Gasteiger partial charge in [-0.3, -0.25) is 0 Å². The highest BCUT2D eigenvalue weighted by Crippen LogP contribution is 2.08. The van der Waals surface area contributed by atoms with Gasteiger partial charge in [0.25, 0.3) is 0 Å². The molecule has 0 aliphatic carbocycles. The standard InChI is InChI=1S/C10H24NO3/c1-8(12)5-11(4,6-9(2)13)7-10(3)14/h8-10,12-14H,5-7H2,1-4H3/q+1. The number of aliphatic hydroxyl groups is 3. The van der Waals surface area contributed by atoms with Gasteiger partial charge >= 0.3 is 0 Å². The third-order valence-corrected chi connectivity index (χ3v) is 2.11. The van der Waals surface area contributed by atoms with E-state index in [1.165, 1.54) is 0 Å². The van der Waals surface area contributed by atoms with Crippen molar-refractivity contribution in [2.45, 2.75) is 39.1 Å². The zero-order chi connectivity index (χ0) is 11.4. The van der Waals surface area contributed by atoms with Gasteiger partial charge in [-0.1, -0.05) is 0 Å². The van der Waals surface area contributed by atoms with Crippen LogP contribution in [0.15, 0.2) is 0 Å². The van der Waals surface area contributed by atoms with Gasteiger partial charge in [-0.25, -0.2) is 0 Å². The molecule has 0 aromatic carbocycles. The third kappa shape index (κ3) is 6.32. The van der Waals surface area contributed by atoms with E-state index in [9.17, 15) is 15.3 Å². The third-order valence-electron chi connectivity index (χ3n) is 2.11. The minimum atomic E-state index is -0.419. The summed E-state index contributed by atoms with van der Waals surface area (Å²) < 4.78 is 0.493. The van der Waals surface area contributed by atoms with E-state index < -0.39 is 18.3 Å². The molecule has 3 N–H and O–H groups in total. The predicted octanol–water partition coefficient (Wildman–Crippen LogP) is -0.425. The molecule has 0 heterocycles. The summed E-state index contributed by atoms with van der Waals surface area (Å²) in [5.41, 5.74) is 0. The van der Waals surface area contributed by atoms with Crippen molar-refractivity contribution in [2.24, 2.45) is 0 Å². The molecule has 0 saturated carbocycles. The monoisotopic (exact) mass is 206 g/mol. The number of hydrogen-bond acceptors (Lipinski definition) is 3. The number of nitrogens with zero attached hydrogens (tertiary/aromatic N) is 1. The molecule has 14 heavy (non-hydrogen) atoms. The molecule has 0 aromatic rings. The van der Waals surface area contributed by atoms with Crippen molar-refractivity contribution in [3.05, 3.63) is 0 Å². The molecule has 0 rings (SSSR count). The van der Waals surface area contributed by atoms with Gasteiger partial charge < -0.3 is 19.8 Å². The maximum Gasteiger partial charge on any atom is 0.105 e. The number of quaternary nitrogens is 1. The fraction of sp³-hybridized carbons (Fsp3) is 1.00. The molecular formula is C10H24NO3+. The van der Waals surface area contributed by atoms with Crippen LogP contribution in [0.25, 0.3) is 0 Å². The number of hydrogen-bond donors (Lipinski definition) is 3. The zero-order valence-electron chi connectivity index (χ0n) is 9.64. The molecule has 0 aromatic heterocycles. The van der Waals surface area contributed by atoms with Crippen LogP contribution in [0, 0.1) is 0 Å². The van der Waals surface area contributed by atoms with Gasteiger partial charge in [-0.2, -0.15) is 0 Å². The molecule has 0 aliphatic rings. The van der Waals surface area contributed by atoms with Crippen LogP contribution in [-0.2, 0) is 0 Å². The SMILES string of the molecule is CC(O)C[N+](C)(CC(C)O)CC(C)O. The second kappa shape index (κ2) is 5.66. The highest BCUT2D eigenvalue weighted by atomic mass is 16.3. The predicted molar refractivity (Wildman–Crippen MR) is 55.8 cm³/mol. The van der Waals surface area contributed by atoms with E-state index in [1.54, 1.807) is 20.8 Å². The Hall–Kier alpha value is -0.160. The molecule has 4 heteroatoms. The lowest BCUT2D eigenvalue weighted by molar-refractivity contribution is -0.917. The van der Waals surface area contributed by atoms with Gasteiger partial charge in [-0.05, 0) is 20.8 Å². The molecule has 0 bridgehead atoms. The van der Waals surface area contributed by atoms with Crippen molar-refractivity contribution in [2.75, 3.05) is 26.7 Å². The van der Waals surface area contributed by atoms with Gasteiger partial charge in [0, 0.05) is 0 Å². The second-order valence-electron chi connectivity index (χ2n) is 4.71. The quantitative estimate of drug-likeness (QED) is 0.517. The first-order chi connectivity index (χ1) is 6.25.